The Morgan fingerprint density at radius 3 is 2.50 bits per heavy atom. The van der Waals surface area contributed by atoms with Crippen molar-refractivity contribution in [2.45, 2.75) is 26.2 Å². The van der Waals surface area contributed by atoms with E-state index in [1.165, 1.54) is 12.1 Å². The maximum atomic E-state index is 13.6. The first-order valence-corrected chi connectivity index (χ1v) is 6.78. The summed E-state index contributed by atoms with van der Waals surface area (Å²) in [6.07, 6.45) is 0.979. The first kappa shape index (κ1) is 14.3. The molecule has 2 aromatic carbocycles. The van der Waals surface area contributed by atoms with Crippen LogP contribution in [0.2, 0.25) is 0 Å². The number of benzene rings is 2. The summed E-state index contributed by atoms with van der Waals surface area (Å²) in [5.41, 5.74) is 1.88. The summed E-state index contributed by atoms with van der Waals surface area (Å²) < 4.78 is 13.6. The lowest BCUT2D eigenvalue weighted by molar-refractivity contribution is 0.102. The van der Waals surface area contributed by atoms with Gasteiger partial charge in [-0.05, 0) is 36.1 Å². The van der Waals surface area contributed by atoms with Gasteiger partial charge in [0.2, 0.25) is 0 Å². The topological polar surface area (TPSA) is 29.1 Å². The highest BCUT2D eigenvalue weighted by Crippen LogP contribution is 2.27. The van der Waals surface area contributed by atoms with Gasteiger partial charge >= 0.3 is 0 Å². The van der Waals surface area contributed by atoms with E-state index in [0.717, 1.165) is 17.7 Å². The Kier molecular flexibility index (Phi) is 4.51. The van der Waals surface area contributed by atoms with Crippen molar-refractivity contribution < 1.29 is 9.18 Å². The number of rotatable bonds is 4. The third-order valence-electron chi connectivity index (χ3n) is 3.47. The van der Waals surface area contributed by atoms with Crippen LogP contribution >= 0.6 is 0 Å². The number of anilines is 1. The molecule has 0 bridgehead atoms. The molecule has 104 valence electrons. The number of amides is 1. The van der Waals surface area contributed by atoms with Gasteiger partial charge < -0.3 is 5.32 Å². The summed E-state index contributed by atoms with van der Waals surface area (Å²) in [6, 6.07) is 13.6. The van der Waals surface area contributed by atoms with Crippen LogP contribution in [-0.2, 0) is 0 Å². The Bertz CT molecular complexity index is 609. The first-order chi connectivity index (χ1) is 9.63. The summed E-state index contributed by atoms with van der Waals surface area (Å²) in [5.74, 6) is -0.586. The molecule has 2 rings (SSSR count). The standard InChI is InChI=1S/C17H18FNO/c1-3-12(2)13-8-5-7-11-16(13)19-17(20)14-9-4-6-10-15(14)18/h4-12H,3H2,1-2H3,(H,19,20). The minimum atomic E-state index is -0.508. The Morgan fingerprint density at radius 2 is 1.80 bits per heavy atom. The summed E-state index contributed by atoms with van der Waals surface area (Å²) in [5, 5.41) is 2.80. The molecule has 0 spiro atoms. The molecular formula is C17H18FNO. The van der Waals surface area contributed by atoms with Crippen LogP contribution in [-0.4, -0.2) is 5.91 Å². The monoisotopic (exact) mass is 271 g/mol. The fraction of sp³-hybridized carbons (Fsp3) is 0.235. The summed E-state index contributed by atoms with van der Waals surface area (Å²) in [4.78, 5) is 12.1. The molecule has 0 radical (unpaired) electrons. The smallest absolute Gasteiger partial charge is 0.258 e. The quantitative estimate of drug-likeness (QED) is 0.865. The second-order valence-corrected chi connectivity index (χ2v) is 4.83. The third kappa shape index (κ3) is 3.05. The second-order valence-electron chi connectivity index (χ2n) is 4.83. The van der Waals surface area contributed by atoms with Crippen LogP contribution in [0.25, 0.3) is 0 Å². The lowest BCUT2D eigenvalue weighted by atomic mass is 9.97. The van der Waals surface area contributed by atoms with Gasteiger partial charge in [0.15, 0.2) is 0 Å². The van der Waals surface area contributed by atoms with Gasteiger partial charge in [-0.3, -0.25) is 4.79 Å². The van der Waals surface area contributed by atoms with E-state index >= 15 is 0 Å². The third-order valence-corrected chi connectivity index (χ3v) is 3.47. The molecule has 0 aliphatic rings. The number of carbonyl (C=O) groups excluding carboxylic acids is 1. The van der Waals surface area contributed by atoms with E-state index in [2.05, 4.69) is 19.2 Å². The fourth-order valence-corrected chi connectivity index (χ4v) is 2.10. The van der Waals surface area contributed by atoms with Crippen LogP contribution in [0, 0.1) is 5.82 Å². The molecule has 3 heteroatoms. The molecule has 0 heterocycles. The first-order valence-electron chi connectivity index (χ1n) is 6.78. The fourth-order valence-electron chi connectivity index (χ4n) is 2.10. The largest absolute Gasteiger partial charge is 0.322 e. The average molecular weight is 271 g/mol. The minimum Gasteiger partial charge on any atom is -0.322 e. The normalized spacial score (nSPS) is 11.9. The van der Waals surface area contributed by atoms with Crippen molar-refractivity contribution in [2.75, 3.05) is 5.32 Å². The highest BCUT2D eigenvalue weighted by atomic mass is 19.1. The molecule has 1 amide bonds. The maximum absolute atomic E-state index is 13.6. The Hall–Kier alpha value is -2.16. The zero-order chi connectivity index (χ0) is 14.5. The number of hydrogen-bond acceptors (Lipinski definition) is 1. The van der Waals surface area contributed by atoms with Gasteiger partial charge in [0.25, 0.3) is 5.91 Å². The van der Waals surface area contributed by atoms with E-state index in [1.807, 2.05) is 24.3 Å². The Labute approximate surface area is 118 Å². The molecule has 2 nitrogen and oxygen atoms in total. The van der Waals surface area contributed by atoms with E-state index in [0.29, 0.717) is 5.92 Å². The van der Waals surface area contributed by atoms with Gasteiger partial charge in [-0.25, -0.2) is 4.39 Å². The average Bonchev–Trinajstić information content (AvgIpc) is 2.47. The van der Waals surface area contributed by atoms with Crippen molar-refractivity contribution in [3.8, 4) is 0 Å². The number of hydrogen-bond donors (Lipinski definition) is 1. The van der Waals surface area contributed by atoms with Crippen LogP contribution in [0.1, 0.15) is 42.1 Å². The van der Waals surface area contributed by atoms with Crippen molar-refractivity contribution in [1.82, 2.24) is 0 Å². The van der Waals surface area contributed by atoms with E-state index in [-0.39, 0.29) is 5.56 Å². The highest BCUT2D eigenvalue weighted by molar-refractivity contribution is 6.04. The van der Waals surface area contributed by atoms with E-state index in [1.54, 1.807) is 12.1 Å². The van der Waals surface area contributed by atoms with Crippen LogP contribution in [0.5, 0.6) is 0 Å². The number of nitrogens with one attached hydrogen (secondary N) is 1. The Balaban J connectivity index is 2.27. The lowest BCUT2D eigenvalue weighted by Crippen LogP contribution is -2.15. The predicted molar refractivity (Wildman–Crippen MR) is 79.5 cm³/mol. The van der Waals surface area contributed by atoms with Crippen LogP contribution in [0.4, 0.5) is 10.1 Å². The predicted octanol–water partition coefficient (Wildman–Crippen LogP) is 4.59. The van der Waals surface area contributed by atoms with Crippen molar-refractivity contribution in [2.24, 2.45) is 0 Å². The highest BCUT2D eigenvalue weighted by Gasteiger charge is 2.14. The van der Waals surface area contributed by atoms with Crippen LogP contribution in [0.3, 0.4) is 0 Å². The van der Waals surface area contributed by atoms with E-state index < -0.39 is 11.7 Å². The molecule has 0 fully saturated rings. The van der Waals surface area contributed by atoms with Crippen molar-refractivity contribution in [3.63, 3.8) is 0 Å². The second kappa shape index (κ2) is 6.33. The van der Waals surface area contributed by atoms with Crippen LogP contribution < -0.4 is 5.32 Å². The van der Waals surface area contributed by atoms with Gasteiger partial charge in [-0.1, -0.05) is 44.2 Å². The molecule has 0 aromatic heterocycles. The van der Waals surface area contributed by atoms with Gasteiger partial charge in [0, 0.05) is 5.69 Å². The zero-order valence-electron chi connectivity index (χ0n) is 11.7. The molecule has 20 heavy (non-hydrogen) atoms. The Morgan fingerprint density at radius 1 is 1.15 bits per heavy atom. The van der Waals surface area contributed by atoms with E-state index in [9.17, 15) is 9.18 Å². The summed E-state index contributed by atoms with van der Waals surface area (Å²) in [7, 11) is 0. The van der Waals surface area contributed by atoms with Gasteiger partial charge in [-0.2, -0.15) is 0 Å². The molecule has 1 atom stereocenters. The molecule has 1 N–H and O–H groups in total. The molecule has 0 aliphatic heterocycles. The lowest BCUT2D eigenvalue weighted by Gasteiger charge is -2.15. The zero-order valence-corrected chi connectivity index (χ0v) is 11.7. The number of carbonyl (C=O) groups is 1. The van der Waals surface area contributed by atoms with Crippen molar-refractivity contribution in [3.05, 3.63) is 65.5 Å². The maximum Gasteiger partial charge on any atom is 0.258 e. The minimum absolute atomic E-state index is 0.0615. The van der Waals surface area contributed by atoms with Crippen molar-refractivity contribution >= 4 is 11.6 Å². The molecule has 0 saturated heterocycles. The molecule has 1 unspecified atom stereocenters. The van der Waals surface area contributed by atoms with Crippen molar-refractivity contribution in [1.29, 1.82) is 0 Å². The molecule has 0 saturated carbocycles. The molecule has 0 aliphatic carbocycles. The van der Waals surface area contributed by atoms with Gasteiger partial charge in [0.05, 0.1) is 5.56 Å². The summed E-state index contributed by atoms with van der Waals surface area (Å²) in [6.45, 7) is 4.20. The number of para-hydroxylation sites is 1. The number of halogens is 1. The van der Waals surface area contributed by atoms with Gasteiger partial charge in [-0.15, -0.1) is 0 Å². The summed E-state index contributed by atoms with van der Waals surface area (Å²) >= 11 is 0. The van der Waals surface area contributed by atoms with E-state index in [4.69, 9.17) is 0 Å². The van der Waals surface area contributed by atoms with Crippen LogP contribution in [0.15, 0.2) is 48.5 Å². The SMILES string of the molecule is CCC(C)c1ccccc1NC(=O)c1ccccc1F. The molecular weight excluding hydrogens is 253 g/mol. The van der Waals surface area contributed by atoms with Gasteiger partial charge in [0.1, 0.15) is 5.82 Å². The molecule has 2 aromatic rings.